The molecule has 3 fully saturated rings. The normalized spacial score (nSPS) is 19.7. The van der Waals surface area contributed by atoms with Gasteiger partial charge >= 0.3 is 17.9 Å². The molecule has 21 heteroatoms. The van der Waals surface area contributed by atoms with Crippen LogP contribution >= 0.6 is 0 Å². The lowest BCUT2D eigenvalue weighted by Gasteiger charge is -2.35. The highest BCUT2D eigenvalue weighted by Gasteiger charge is 2.31. The van der Waals surface area contributed by atoms with Crippen LogP contribution < -0.4 is 21.3 Å². The quantitative estimate of drug-likeness (QED) is 0.0454. The Kier molecular flexibility index (Phi) is 22.9. The molecule has 1 aromatic rings. The molecule has 3 aliphatic rings. The molecular formula is C45H68N10O11. The van der Waals surface area contributed by atoms with Crippen molar-refractivity contribution in [3.63, 3.8) is 0 Å². The average Bonchev–Trinajstić information content (AvgIpc) is 3.29. The fourth-order valence-corrected chi connectivity index (χ4v) is 8.41. The molecule has 0 aromatic carbocycles. The van der Waals surface area contributed by atoms with Gasteiger partial charge in [0.1, 0.15) is 6.29 Å². The number of aldehydes is 1. The van der Waals surface area contributed by atoms with Crippen LogP contribution in [0.3, 0.4) is 0 Å². The van der Waals surface area contributed by atoms with E-state index in [1.807, 2.05) is 9.80 Å². The van der Waals surface area contributed by atoms with E-state index in [-0.39, 0.29) is 70.5 Å². The molecule has 1 aromatic heterocycles. The van der Waals surface area contributed by atoms with Gasteiger partial charge in [-0.3, -0.25) is 58.1 Å². The van der Waals surface area contributed by atoms with Gasteiger partial charge in [-0.1, -0.05) is 11.8 Å². The number of carboxylic acid groups (broad SMARTS) is 3. The number of nitrogens with one attached hydrogen (secondary N) is 4. The maximum atomic E-state index is 13.5. The Balaban J connectivity index is 1.25. The standard InChI is InChI=1S/C45H68N10O11/c1-33(54-21-19-51(23-24-56)15-16-52(31-42(61)62)17-18-53(20-22-54)32-43(63)64)44(65)49-29-39(57)48-11-3-2-5-35-25-37(28-47-27-35)38(26-41(59)60)50-45(66)36-6-4-14-55(30-36)40(58)8-7-34-9-12-46-13-10-34/h24-25,27-28,33-34,36,38,46H,3-4,6-23,26,29-32H2,1H3,(H,48,57)(H,49,65)(H,50,66)(H,59,60)(H,61,62)(H,63,64). The number of hydrogen-bond donors (Lipinski definition) is 7. The number of nitrogens with zero attached hydrogens (tertiary/aromatic N) is 6. The predicted octanol–water partition coefficient (Wildman–Crippen LogP) is -1.32. The largest absolute Gasteiger partial charge is 0.481 e. The highest BCUT2D eigenvalue weighted by Crippen LogP contribution is 2.24. The van der Waals surface area contributed by atoms with E-state index in [0.717, 1.165) is 38.6 Å². The fraction of sp³-hybridized carbons (Fsp3) is 0.667. The van der Waals surface area contributed by atoms with Crippen molar-refractivity contribution in [2.75, 3.05) is 111 Å². The summed E-state index contributed by atoms with van der Waals surface area (Å²) in [6.07, 6.45) is 8.32. The van der Waals surface area contributed by atoms with Gasteiger partial charge in [0.15, 0.2) is 0 Å². The fourth-order valence-electron chi connectivity index (χ4n) is 8.41. The molecule has 3 aliphatic heterocycles. The van der Waals surface area contributed by atoms with Crippen LogP contribution in [-0.2, 0) is 38.4 Å². The van der Waals surface area contributed by atoms with Crippen molar-refractivity contribution in [2.24, 2.45) is 11.8 Å². The molecule has 0 radical (unpaired) electrons. The number of carboxylic acids is 3. The monoisotopic (exact) mass is 925 g/mol. The molecule has 364 valence electrons. The van der Waals surface area contributed by atoms with Crippen molar-refractivity contribution in [1.82, 2.24) is 50.8 Å². The first kappa shape index (κ1) is 53.1. The molecule has 0 bridgehead atoms. The van der Waals surface area contributed by atoms with Crippen molar-refractivity contribution in [3.05, 3.63) is 29.6 Å². The number of rotatable bonds is 20. The molecule has 0 spiro atoms. The van der Waals surface area contributed by atoms with Crippen molar-refractivity contribution in [1.29, 1.82) is 0 Å². The van der Waals surface area contributed by atoms with Gasteiger partial charge in [0.2, 0.25) is 23.6 Å². The summed E-state index contributed by atoms with van der Waals surface area (Å²) in [6, 6.07) is 0.0830. The van der Waals surface area contributed by atoms with E-state index in [1.54, 1.807) is 27.7 Å². The van der Waals surface area contributed by atoms with E-state index in [4.69, 9.17) is 0 Å². The Hall–Kier alpha value is -5.53. The Bertz CT molecular complexity index is 1870. The van der Waals surface area contributed by atoms with E-state index < -0.39 is 47.7 Å². The molecule has 21 nitrogen and oxygen atoms in total. The molecule has 0 saturated carbocycles. The predicted molar refractivity (Wildman–Crippen MR) is 241 cm³/mol. The van der Waals surface area contributed by atoms with Crippen molar-refractivity contribution >= 4 is 47.8 Å². The second kappa shape index (κ2) is 28.5. The lowest BCUT2D eigenvalue weighted by molar-refractivity contribution is -0.140. The molecular weight excluding hydrogens is 857 g/mol. The lowest BCUT2D eigenvalue weighted by atomic mass is 9.92. The van der Waals surface area contributed by atoms with Gasteiger partial charge in [0.25, 0.3) is 0 Å². The second-order valence-corrected chi connectivity index (χ2v) is 17.2. The second-order valence-electron chi connectivity index (χ2n) is 17.2. The summed E-state index contributed by atoms with van der Waals surface area (Å²) in [5.74, 6) is 1.71. The third-order valence-corrected chi connectivity index (χ3v) is 12.3. The van der Waals surface area contributed by atoms with Crippen LogP contribution in [0.1, 0.15) is 75.5 Å². The number of piperidine rings is 2. The lowest BCUT2D eigenvalue weighted by Crippen LogP contribution is -2.53. The van der Waals surface area contributed by atoms with Gasteiger partial charge < -0.3 is 46.3 Å². The topological polar surface area (TPSA) is 274 Å². The number of carbonyl (C=O) groups is 8. The SMILES string of the molecule is CC(C(=O)NCC(=O)NCCC#Cc1cncc(C(CC(=O)O)NC(=O)C2CCCN(C(=O)CCC3CCNCC3)C2)c1)N1CCN(CC=O)CCN(CC(=O)O)CCN(CC(=O)O)CC1. The van der Waals surface area contributed by atoms with Crippen molar-refractivity contribution < 1.29 is 53.7 Å². The highest BCUT2D eigenvalue weighted by molar-refractivity contribution is 5.87. The summed E-state index contributed by atoms with van der Waals surface area (Å²) in [7, 11) is 0. The molecule has 3 saturated heterocycles. The minimum Gasteiger partial charge on any atom is -0.481 e. The first-order chi connectivity index (χ1) is 31.7. The summed E-state index contributed by atoms with van der Waals surface area (Å²) < 4.78 is 0. The van der Waals surface area contributed by atoms with Crippen LogP contribution in [0.15, 0.2) is 18.5 Å². The maximum Gasteiger partial charge on any atom is 0.317 e. The van der Waals surface area contributed by atoms with Crippen LogP contribution in [0.2, 0.25) is 0 Å². The van der Waals surface area contributed by atoms with Gasteiger partial charge in [-0.2, -0.15) is 0 Å². The van der Waals surface area contributed by atoms with Crippen LogP contribution in [0.4, 0.5) is 0 Å². The van der Waals surface area contributed by atoms with Crippen molar-refractivity contribution in [2.45, 2.75) is 70.4 Å². The van der Waals surface area contributed by atoms with E-state index >= 15 is 0 Å². The number of aliphatic carboxylic acids is 3. The zero-order valence-electron chi connectivity index (χ0n) is 38.1. The first-order valence-electron chi connectivity index (χ1n) is 23.0. The molecule has 4 heterocycles. The Labute approximate surface area is 386 Å². The molecule has 0 aliphatic carbocycles. The zero-order valence-corrected chi connectivity index (χ0v) is 38.1. The zero-order chi connectivity index (χ0) is 47.8. The smallest absolute Gasteiger partial charge is 0.317 e. The molecule has 66 heavy (non-hydrogen) atoms. The minimum atomic E-state index is -1.11. The Morgan fingerprint density at radius 1 is 0.848 bits per heavy atom. The first-order valence-corrected chi connectivity index (χ1v) is 23.0. The van der Waals surface area contributed by atoms with Crippen molar-refractivity contribution in [3.8, 4) is 11.8 Å². The summed E-state index contributed by atoms with van der Waals surface area (Å²) in [4.78, 5) is 112. The third kappa shape index (κ3) is 19.5. The van der Waals surface area contributed by atoms with Gasteiger partial charge in [-0.15, -0.1) is 0 Å². The Morgan fingerprint density at radius 2 is 1.50 bits per heavy atom. The van der Waals surface area contributed by atoms with Crippen LogP contribution in [0, 0.1) is 23.7 Å². The third-order valence-electron chi connectivity index (χ3n) is 12.3. The van der Waals surface area contributed by atoms with Gasteiger partial charge in [0.05, 0.1) is 50.6 Å². The van der Waals surface area contributed by atoms with Crippen LogP contribution in [0.5, 0.6) is 0 Å². The minimum absolute atomic E-state index is 0.0493. The van der Waals surface area contributed by atoms with Gasteiger partial charge in [-0.05, 0) is 69.7 Å². The number of likely N-dealkylation sites (tertiary alicyclic amines) is 1. The number of amides is 4. The van der Waals surface area contributed by atoms with E-state index in [0.29, 0.717) is 88.7 Å². The molecule has 4 rings (SSSR count). The van der Waals surface area contributed by atoms with E-state index in [2.05, 4.69) is 38.1 Å². The van der Waals surface area contributed by atoms with Gasteiger partial charge in [-0.25, -0.2) is 0 Å². The number of hydrogen-bond acceptors (Lipinski definition) is 14. The summed E-state index contributed by atoms with van der Waals surface area (Å²) in [5, 5.41) is 40.2. The average molecular weight is 925 g/mol. The summed E-state index contributed by atoms with van der Waals surface area (Å²) in [5.41, 5.74) is 0.949. The Morgan fingerprint density at radius 3 is 2.15 bits per heavy atom. The summed E-state index contributed by atoms with van der Waals surface area (Å²) >= 11 is 0. The molecule has 7 N–H and O–H groups in total. The van der Waals surface area contributed by atoms with E-state index in [9.17, 15) is 53.7 Å². The molecule has 4 amide bonds. The van der Waals surface area contributed by atoms with Gasteiger partial charge in [0, 0.05) is 103 Å². The van der Waals surface area contributed by atoms with E-state index in [1.165, 1.54) is 12.4 Å². The maximum absolute atomic E-state index is 13.5. The van der Waals surface area contributed by atoms with Crippen LogP contribution in [-0.4, -0.2) is 210 Å². The molecule has 3 atom stereocenters. The number of carbonyl (C=O) groups excluding carboxylic acids is 5. The summed E-state index contributed by atoms with van der Waals surface area (Å²) in [6.45, 7) is 6.65. The number of aromatic nitrogens is 1. The number of pyridine rings is 1. The van der Waals surface area contributed by atoms with Crippen LogP contribution in [0.25, 0.3) is 0 Å². The molecule has 3 unspecified atom stereocenters. The highest BCUT2D eigenvalue weighted by atomic mass is 16.4.